The molecule has 0 spiro atoms. The summed E-state index contributed by atoms with van der Waals surface area (Å²) in [5.74, 6) is -1.41. The molecule has 0 bridgehead atoms. The lowest BCUT2D eigenvalue weighted by atomic mass is 9.88. The minimum atomic E-state index is -1.64. The van der Waals surface area contributed by atoms with E-state index in [1.165, 1.54) is 0 Å². The number of aliphatic carboxylic acids is 1. The molecule has 1 unspecified atom stereocenters. The van der Waals surface area contributed by atoms with Crippen LogP contribution in [0.25, 0.3) is 12.2 Å². The fourth-order valence-corrected chi connectivity index (χ4v) is 3.00. The summed E-state index contributed by atoms with van der Waals surface area (Å²) in [6.45, 7) is 0. The molecular formula is C18H11NO3. The van der Waals surface area contributed by atoms with E-state index < -0.39 is 11.5 Å². The van der Waals surface area contributed by atoms with Crippen molar-refractivity contribution in [1.29, 1.82) is 0 Å². The highest BCUT2D eigenvalue weighted by Crippen LogP contribution is 2.36. The molecule has 106 valence electrons. The summed E-state index contributed by atoms with van der Waals surface area (Å²) in [5.41, 5.74) is -0.183. The Morgan fingerprint density at radius 3 is 2.50 bits per heavy atom. The van der Waals surface area contributed by atoms with Crippen molar-refractivity contribution >= 4 is 23.9 Å². The second kappa shape index (κ2) is 4.24. The summed E-state index contributed by atoms with van der Waals surface area (Å²) in [6.07, 6.45) is 3.19. The molecule has 2 aliphatic rings. The van der Waals surface area contributed by atoms with E-state index in [9.17, 15) is 14.7 Å². The van der Waals surface area contributed by atoms with E-state index in [1.807, 2.05) is 12.1 Å². The number of rotatable bonds is 2. The van der Waals surface area contributed by atoms with E-state index in [0.717, 1.165) is 10.8 Å². The summed E-state index contributed by atoms with van der Waals surface area (Å²) in [6, 6.07) is 14.3. The van der Waals surface area contributed by atoms with E-state index in [0.29, 0.717) is 10.9 Å². The normalized spacial score (nSPS) is 21.5. The largest absolute Gasteiger partial charge is 0.479 e. The highest BCUT2D eigenvalue weighted by Gasteiger charge is 2.47. The Kier molecular flexibility index (Phi) is 2.45. The molecule has 4 nitrogen and oxygen atoms in total. The van der Waals surface area contributed by atoms with Gasteiger partial charge in [-0.15, -0.1) is 0 Å². The van der Waals surface area contributed by atoms with E-state index >= 15 is 0 Å². The lowest BCUT2D eigenvalue weighted by Crippen LogP contribution is -2.37. The van der Waals surface area contributed by atoms with Crippen molar-refractivity contribution in [2.45, 2.75) is 5.54 Å². The summed E-state index contributed by atoms with van der Waals surface area (Å²) in [7, 11) is 0. The van der Waals surface area contributed by atoms with Crippen LogP contribution in [0.4, 0.5) is 0 Å². The zero-order chi connectivity index (χ0) is 15.3. The monoisotopic (exact) mass is 289 g/mol. The Morgan fingerprint density at radius 2 is 1.77 bits per heavy atom. The van der Waals surface area contributed by atoms with Gasteiger partial charge in [-0.05, 0) is 29.0 Å². The first-order valence-electron chi connectivity index (χ1n) is 6.89. The van der Waals surface area contributed by atoms with Crippen LogP contribution in [0.3, 0.4) is 0 Å². The van der Waals surface area contributed by atoms with E-state index in [4.69, 9.17) is 0 Å². The summed E-state index contributed by atoms with van der Waals surface area (Å²) in [5, 5.41) is 11.1. The average Bonchev–Trinajstić information content (AvgIpc) is 3.07. The van der Waals surface area contributed by atoms with Gasteiger partial charge in [-0.1, -0.05) is 42.5 Å². The van der Waals surface area contributed by atoms with Gasteiger partial charge in [0.25, 0.3) is 0 Å². The molecule has 4 rings (SSSR count). The molecule has 0 radical (unpaired) electrons. The van der Waals surface area contributed by atoms with Crippen molar-refractivity contribution in [3.63, 3.8) is 0 Å². The first kappa shape index (κ1) is 12.7. The maximum Gasteiger partial charge on any atom is 0.340 e. The van der Waals surface area contributed by atoms with Gasteiger partial charge in [-0.25, -0.2) is 4.79 Å². The van der Waals surface area contributed by atoms with Crippen LogP contribution in [0.1, 0.15) is 15.9 Å². The maximum absolute atomic E-state index is 12.6. The third kappa shape index (κ3) is 1.55. The molecule has 1 atom stereocenters. The molecule has 2 aromatic rings. The van der Waals surface area contributed by atoms with Crippen molar-refractivity contribution in [1.82, 2.24) is 0 Å². The first-order chi connectivity index (χ1) is 10.6. The summed E-state index contributed by atoms with van der Waals surface area (Å²) < 4.78 is 0. The predicted molar refractivity (Wildman–Crippen MR) is 80.8 cm³/mol. The Labute approximate surface area is 125 Å². The highest BCUT2D eigenvalue weighted by atomic mass is 16.4. The van der Waals surface area contributed by atoms with Crippen molar-refractivity contribution in [2.75, 3.05) is 0 Å². The zero-order valence-corrected chi connectivity index (χ0v) is 11.5. The number of hydrogen-bond donors (Lipinski definition) is 1. The molecule has 1 aliphatic carbocycles. The van der Waals surface area contributed by atoms with Crippen molar-refractivity contribution in [3.8, 4) is 0 Å². The summed E-state index contributed by atoms with van der Waals surface area (Å²) >= 11 is 0. The third-order valence-corrected chi connectivity index (χ3v) is 4.08. The molecule has 0 fully saturated rings. The number of carboxylic acids is 1. The standard InChI is InChI=1S/C18H11NO3/c20-16-13-7-3-1-5-11(13)9-14(16)18(17(21)22)10-12-6-2-4-8-15(12)19-18/h1-10H,(H,21,22). The zero-order valence-electron chi connectivity index (χ0n) is 11.5. The van der Waals surface area contributed by atoms with Gasteiger partial charge in [0.2, 0.25) is 5.54 Å². The van der Waals surface area contributed by atoms with Gasteiger partial charge < -0.3 is 5.11 Å². The number of carbonyl (C=O) groups excluding carboxylic acids is 1. The molecule has 1 heterocycles. The van der Waals surface area contributed by atoms with Gasteiger partial charge >= 0.3 is 5.97 Å². The SMILES string of the molecule is O=C1C(C2(C(=O)O)C=c3ccccc3=N2)=Cc2ccccc21. The fourth-order valence-electron chi connectivity index (χ4n) is 3.00. The van der Waals surface area contributed by atoms with Crippen LogP contribution < -0.4 is 10.6 Å². The van der Waals surface area contributed by atoms with E-state index in [-0.39, 0.29) is 11.4 Å². The van der Waals surface area contributed by atoms with Gasteiger partial charge in [0, 0.05) is 11.1 Å². The molecule has 0 saturated carbocycles. The Morgan fingerprint density at radius 1 is 1.05 bits per heavy atom. The van der Waals surface area contributed by atoms with Crippen LogP contribution in [0.2, 0.25) is 0 Å². The van der Waals surface area contributed by atoms with Gasteiger partial charge in [0.15, 0.2) is 5.78 Å². The van der Waals surface area contributed by atoms with Crippen LogP contribution in [-0.4, -0.2) is 22.4 Å². The number of carboxylic acid groups (broad SMARTS) is 1. The number of ketones is 1. The van der Waals surface area contributed by atoms with Crippen LogP contribution >= 0.6 is 0 Å². The van der Waals surface area contributed by atoms with Crippen molar-refractivity contribution in [2.24, 2.45) is 4.99 Å². The highest BCUT2D eigenvalue weighted by molar-refractivity contribution is 6.23. The van der Waals surface area contributed by atoms with Crippen molar-refractivity contribution in [3.05, 3.63) is 75.8 Å². The third-order valence-electron chi connectivity index (χ3n) is 4.08. The average molecular weight is 289 g/mol. The lowest BCUT2D eigenvalue weighted by molar-refractivity contribution is -0.139. The first-order valence-corrected chi connectivity index (χ1v) is 6.89. The molecule has 22 heavy (non-hydrogen) atoms. The number of para-hydroxylation sites is 1. The molecule has 0 aromatic heterocycles. The Balaban J connectivity index is 1.97. The molecule has 0 saturated heterocycles. The Bertz CT molecular complexity index is 950. The molecule has 1 N–H and O–H groups in total. The van der Waals surface area contributed by atoms with E-state index in [1.54, 1.807) is 48.6 Å². The molecule has 4 heteroatoms. The molecule has 0 amide bonds. The summed E-state index contributed by atoms with van der Waals surface area (Å²) in [4.78, 5) is 28.9. The lowest BCUT2D eigenvalue weighted by Gasteiger charge is -2.19. The number of carbonyl (C=O) groups is 2. The van der Waals surface area contributed by atoms with E-state index in [2.05, 4.69) is 4.99 Å². The number of nitrogens with zero attached hydrogens (tertiary/aromatic N) is 1. The molecule has 2 aromatic carbocycles. The minimum absolute atomic E-state index is 0.192. The molecular weight excluding hydrogens is 278 g/mol. The number of Topliss-reactive ketones (excluding diaryl/α,β-unsaturated/α-hetero) is 1. The maximum atomic E-state index is 12.6. The number of fused-ring (bicyclic) bond motifs is 2. The minimum Gasteiger partial charge on any atom is -0.479 e. The molecule has 1 aliphatic heterocycles. The second-order valence-electron chi connectivity index (χ2n) is 5.36. The van der Waals surface area contributed by atoms with Crippen molar-refractivity contribution < 1.29 is 14.7 Å². The van der Waals surface area contributed by atoms with Gasteiger partial charge in [-0.2, -0.15) is 0 Å². The van der Waals surface area contributed by atoms with Crippen LogP contribution in [-0.2, 0) is 4.79 Å². The number of hydrogen-bond acceptors (Lipinski definition) is 3. The second-order valence-corrected chi connectivity index (χ2v) is 5.36. The fraction of sp³-hybridized carbons (Fsp3) is 0.0556. The van der Waals surface area contributed by atoms with Gasteiger partial charge in [-0.3, -0.25) is 9.79 Å². The quantitative estimate of drug-likeness (QED) is 0.903. The van der Waals surface area contributed by atoms with Crippen LogP contribution in [0.5, 0.6) is 0 Å². The topological polar surface area (TPSA) is 66.7 Å². The smallest absolute Gasteiger partial charge is 0.340 e. The van der Waals surface area contributed by atoms with Crippen LogP contribution in [0, 0.1) is 0 Å². The Hall–Kier alpha value is -3.01. The number of benzene rings is 2. The van der Waals surface area contributed by atoms with Crippen LogP contribution in [0.15, 0.2) is 59.1 Å². The predicted octanol–water partition coefficient (Wildman–Crippen LogP) is 1.20. The van der Waals surface area contributed by atoms with Gasteiger partial charge in [0.05, 0.1) is 5.36 Å². The van der Waals surface area contributed by atoms with Gasteiger partial charge in [0.1, 0.15) is 0 Å².